The summed E-state index contributed by atoms with van der Waals surface area (Å²) >= 11 is 5.81. The van der Waals surface area contributed by atoms with Gasteiger partial charge in [0.2, 0.25) is 11.8 Å². The van der Waals surface area contributed by atoms with Gasteiger partial charge in [0.1, 0.15) is 5.82 Å². The van der Waals surface area contributed by atoms with Gasteiger partial charge >= 0.3 is 0 Å². The lowest BCUT2D eigenvalue weighted by Crippen LogP contribution is -2.43. The standard InChI is InChI=1S/C22H31ClFN3O2/c1-22(2,3)21(29)25-8-11-27-9-6-16(7-10-27)15-26-20(28)5-4-17-12-18(23)14-19(24)13-17/h4-5,12-14,16H,6-11,15H2,1-3H3,(H,25,29)(H,26,28)/b5-4+. The fourth-order valence-electron chi connectivity index (χ4n) is 3.15. The monoisotopic (exact) mass is 423 g/mol. The summed E-state index contributed by atoms with van der Waals surface area (Å²) in [5, 5.41) is 6.19. The van der Waals surface area contributed by atoms with Gasteiger partial charge in [-0.1, -0.05) is 32.4 Å². The van der Waals surface area contributed by atoms with Crippen LogP contribution in [0.3, 0.4) is 0 Å². The van der Waals surface area contributed by atoms with Crippen LogP contribution < -0.4 is 10.6 Å². The molecule has 2 rings (SSSR count). The summed E-state index contributed by atoms with van der Waals surface area (Å²) in [7, 11) is 0. The van der Waals surface area contributed by atoms with Crippen molar-refractivity contribution in [2.75, 3.05) is 32.7 Å². The average Bonchev–Trinajstić information content (AvgIpc) is 2.64. The first-order chi connectivity index (χ1) is 13.6. The van der Waals surface area contributed by atoms with Gasteiger partial charge in [0.25, 0.3) is 0 Å². The number of hydrogen-bond acceptors (Lipinski definition) is 3. The van der Waals surface area contributed by atoms with Crippen molar-refractivity contribution < 1.29 is 14.0 Å². The van der Waals surface area contributed by atoms with Gasteiger partial charge in [-0.3, -0.25) is 9.59 Å². The SMILES string of the molecule is CC(C)(C)C(=O)NCCN1CCC(CNC(=O)/C=C/c2cc(F)cc(Cl)c2)CC1. The fraction of sp³-hybridized carbons (Fsp3) is 0.545. The van der Waals surface area contributed by atoms with E-state index in [2.05, 4.69) is 15.5 Å². The van der Waals surface area contributed by atoms with Crippen LogP contribution in [0.4, 0.5) is 4.39 Å². The van der Waals surface area contributed by atoms with Crippen molar-refractivity contribution in [2.24, 2.45) is 11.3 Å². The number of amides is 2. The Hall–Kier alpha value is -1.92. The Bertz CT molecular complexity index is 718. The van der Waals surface area contributed by atoms with Crippen molar-refractivity contribution in [3.8, 4) is 0 Å². The van der Waals surface area contributed by atoms with E-state index in [1.807, 2.05) is 20.8 Å². The predicted octanol–water partition coefficient (Wildman–Crippen LogP) is 3.48. The second-order valence-corrected chi connectivity index (χ2v) is 9.01. The number of likely N-dealkylation sites (tertiary alicyclic amines) is 1. The molecule has 1 aromatic carbocycles. The van der Waals surface area contributed by atoms with E-state index in [4.69, 9.17) is 11.6 Å². The Morgan fingerprint density at radius 3 is 2.52 bits per heavy atom. The third-order valence-electron chi connectivity index (χ3n) is 4.98. The summed E-state index contributed by atoms with van der Waals surface area (Å²) in [5.74, 6) is -0.111. The number of carbonyl (C=O) groups is 2. The topological polar surface area (TPSA) is 61.4 Å². The van der Waals surface area contributed by atoms with Crippen LogP contribution in [0.25, 0.3) is 6.08 Å². The highest BCUT2D eigenvalue weighted by Gasteiger charge is 2.22. The maximum absolute atomic E-state index is 13.3. The highest BCUT2D eigenvalue weighted by atomic mass is 35.5. The number of nitrogens with one attached hydrogen (secondary N) is 2. The van der Waals surface area contributed by atoms with Crippen LogP contribution in [0.15, 0.2) is 24.3 Å². The van der Waals surface area contributed by atoms with Crippen LogP contribution >= 0.6 is 11.6 Å². The Morgan fingerprint density at radius 2 is 1.90 bits per heavy atom. The molecule has 0 saturated carbocycles. The predicted molar refractivity (Wildman–Crippen MR) is 115 cm³/mol. The zero-order chi connectivity index (χ0) is 21.4. The Kier molecular flexibility index (Phi) is 8.65. The van der Waals surface area contributed by atoms with Crippen LogP contribution in [0, 0.1) is 17.2 Å². The molecule has 160 valence electrons. The lowest BCUT2D eigenvalue weighted by atomic mass is 9.95. The second-order valence-electron chi connectivity index (χ2n) is 8.57. The lowest BCUT2D eigenvalue weighted by molar-refractivity contribution is -0.128. The number of hydrogen-bond donors (Lipinski definition) is 2. The first-order valence-corrected chi connectivity index (χ1v) is 10.4. The quantitative estimate of drug-likeness (QED) is 0.660. The minimum absolute atomic E-state index is 0.0728. The lowest BCUT2D eigenvalue weighted by Gasteiger charge is -2.32. The highest BCUT2D eigenvalue weighted by Crippen LogP contribution is 2.17. The summed E-state index contributed by atoms with van der Waals surface area (Å²) in [6, 6.07) is 4.16. The number of piperidine rings is 1. The molecule has 0 bridgehead atoms. The van der Waals surface area contributed by atoms with E-state index in [9.17, 15) is 14.0 Å². The largest absolute Gasteiger partial charge is 0.354 e. The minimum Gasteiger partial charge on any atom is -0.354 e. The first kappa shape index (κ1) is 23.4. The molecule has 1 saturated heterocycles. The first-order valence-electron chi connectivity index (χ1n) is 10.1. The number of benzene rings is 1. The van der Waals surface area contributed by atoms with Crippen LogP contribution in [-0.2, 0) is 9.59 Å². The van der Waals surface area contributed by atoms with E-state index in [0.717, 1.165) is 32.5 Å². The van der Waals surface area contributed by atoms with Crippen molar-refractivity contribution in [2.45, 2.75) is 33.6 Å². The summed E-state index contributed by atoms with van der Waals surface area (Å²) in [5.41, 5.74) is 0.192. The van der Waals surface area contributed by atoms with Crippen molar-refractivity contribution in [3.63, 3.8) is 0 Å². The van der Waals surface area contributed by atoms with Gasteiger partial charge in [-0.05, 0) is 61.7 Å². The summed E-state index contributed by atoms with van der Waals surface area (Å²) in [6.45, 7) is 9.78. The fourth-order valence-corrected chi connectivity index (χ4v) is 3.38. The second kappa shape index (κ2) is 10.7. The molecular formula is C22H31ClFN3O2. The van der Waals surface area contributed by atoms with Crippen LogP contribution in [-0.4, -0.2) is 49.4 Å². The van der Waals surface area contributed by atoms with Crippen molar-refractivity contribution in [1.29, 1.82) is 0 Å². The molecule has 1 heterocycles. The van der Waals surface area contributed by atoms with E-state index in [1.165, 1.54) is 18.2 Å². The van der Waals surface area contributed by atoms with Crippen molar-refractivity contribution in [3.05, 3.63) is 40.7 Å². The highest BCUT2D eigenvalue weighted by molar-refractivity contribution is 6.30. The molecule has 1 fully saturated rings. The molecule has 1 aromatic rings. The van der Waals surface area contributed by atoms with Crippen LogP contribution in [0.5, 0.6) is 0 Å². The maximum atomic E-state index is 13.3. The van der Waals surface area contributed by atoms with Crippen molar-refractivity contribution in [1.82, 2.24) is 15.5 Å². The zero-order valence-corrected chi connectivity index (χ0v) is 18.2. The zero-order valence-electron chi connectivity index (χ0n) is 17.4. The third kappa shape index (κ3) is 8.54. The summed E-state index contributed by atoms with van der Waals surface area (Å²) in [6.07, 6.45) is 4.98. The molecule has 2 amide bonds. The van der Waals surface area contributed by atoms with Gasteiger partial charge in [0.05, 0.1) is 0 Å². The molecule has 29 heavy (non-hydrogen) atoms. The van der Waals surface area contributed by atoms with E-state index in [1.54, 1.807) is 12.1 Å². The Labute approximate surface area is 177 Å². The molecule has 0 unspecified atom stereocenters. The molecule has 5 nitrogen and oxygen atoms in total. The molecule has 2 N–H and O–H groups in total. The van der Waals surface area contributed by atoms with Gasteiger partial charge in [-0.2, -0.15) is 0 Å². The normalized spacial score (nSPS) is 16.2. The minimum atomic E-state index is -0.428. The Balaban J connectivity index is 1.64. The molecule has 0 aromatic heterocycles. The van der Waals surface area contributed by atoms with E-state index < -0.39 is 5.82 Å². The molecule has 7 heteroatoms. The number of nitrogens with zero attached hydrogens (tertiary/aromatic N) is 1. The average molecular weight is 424 g/mol. The third-order valence-corrected chi connectivity index (χ3v) is 5.20. The van der Waals surface area contributed by atoms with Gasteiger partial charge in [0.15, 0.2) is 0 Å². The van der Waals surface area contributed by atoms with Crippen LogP contribution in [0.2, 0.25) is 5.02 Å². The molecule has 0 atom stereocenters. The summed E-state index contributed by atoms with van der Waals surface area (Å²) < 4.78 is 13.3. The molecule has 0 aliphatic carbocycles. The van der Waals surface area contributed by atoms with E-state index in [0.29, 0.717) is 29.6 Å². The molecule has 0 radical (unpaired) electrons. The molecule has 0 spiro atoms. The smallest absolute Gasteiger partial charge is 0.244 e. The summed E-state index contributed by atoms with van der Waals surface area (Å²) in [4.78, 5) is 26.2. The van der Waals surface area contributed by atoms with Gasteiger partial charge in [0, 0.05) is 36.1 Å². The Morgan fingerprint density at radius 1 is 1.21 bits per heavy atom. The maximum Gasteiger partial charge on any atom is 0.244 e. The van der Waals surface area contributed by atoms with Crippen LogP contribution in [0.1, 0.15) is 39.2 Å². The van der Waals surface area contributed by atoms with Gasteiger partial charge in [-0.25, -0.2) is 4.39 Å². The molecule has 1 aliphatic rings. The number of halogens is 2. The van der Waals surface area contributed by atoms with E-state index in [-0.39, 0.29) is 17.2 Å². The van der Waals surface area contributed by atoms with E-state index >= 15 is 0 Å². The molecule has 1 aliphatic heterocycles. The van der Waals surface area contributed by atoms with Crippen molar-refractivity contribution >= 4 is 29.5 Å². The van der Waals surface area contributed by atoms with Gasteiger partial charge in [-0.15, -0.1) is 0 Å². The molecular weight excluding hydrogens is 393 g/mol. The number of rotatable bonds is 7. The van der Waals surface area contributed by atoms with Gasteiger partial charge < -0.3 is 15.5 Å². The number of carbonyl (C=O) groups excluding carboxylic acids is 2.